The maximum atomic E-state index is 4.51. The molecule has 0 atom stereocenters. The molecule has 0 bridgehead atoms. The molecule has 0 radical (unpaired) electrons. The maximum absolute atomic E-state index is 4.51. The Morgan fingerprint density at radius 3 is 2.61 bits per heavy atom. The van der Waals surface area contributed by atoms with Crippen molar-refractivity contribution in [3.8, 4) is 5.69 Å². The van der Waals surface area contributed by atoms with Crippen LogP contribution in [-0.2, 0) is 19.6 Å². The van der Waals surface area contributed by atoms with Gasteiger partial charge in [-0.15, -0.1) is 22.6 Å². The molecule has 0 saturated carbocycles. The number of piperidine rings is 1. The van der Waals surface area contributed by atoms with Gasteiger partial charge in [0.15, 0.2) is 0 Å². The van der Waals surface area contributed by atoms with Gasteiger partial charge in [0.05, 0.1) is 12.2 Å². The predicted octanol–water partition coefficient (Wildman–Crippen LogP) is 1.76. The number of hydrogen-bond acceptors (Lipinski definition) is 6. The van der Waals surface area contributed by atoms with E-state index >= 15 is 0 Å². The average molecular weight is 401 g/mol. The van der Waals surface area contributed by atoms with E-state index in [4.69, 9.17) is 0 Å². The minimum Gasteiger partial charge on any atom is -0.312 e. The van der Waals surface area contributed by atoms with Gasteiger partial charge in [-0.25, -0.2) is 9.67 Å². The van der Waals surface area contributed by atoms with Gasteiger partial charge in [-0.3, -0.25) is 4.90 Å². The lowest BCUT2D eigenvalue weighted by atomic mass is 9.95. The second kappa shape index (κ2) is 8.38. The fourth-order valence-corrected chi connectivity index (χ4v) is 4.12. The minimum absolute atomic E-state index is 0. The van der Waals surface area contributed by atoms with Gasteiger partial charge >= 0.3 is 0 Å². The summed E-state index contributed by atoms with van der Waals surface area (Å²) >= 11 is 0. The van der Waals surface area contributed by atoms with Gasteiger partial charge in [0.25, 0.3) is 0 Å². The van der Waals surface area contributed by atoms with E-state index in [0.717, 1.165) is 63.6 Å². The Morgan fingerprint density at radius 2 is 1.86 bits per heavy atom. The van der Waals surface area contributed by atoms with Crippen LogP contribution in [0, 0.1) is 0 Å². The van der Waals surface area contributed by atoms with Gasteiger partial charge < -0.3 is 9.88 Å². The van der Waals surface area contributed by atoms with E-state index in [0.29, 0.717) is 5.92 Å². The van der Waals surface area contributed by atoms with Crippen LogP contribution in [0.25, 0.3) is 5.69 Å². The van der Waals surface area contributed by atoms with Crippen molar-refractivity contribution < 1.29 is 0 Å². The molecule has 28 heavy (non-hydrogen) atoms. The lowest BCUT2D eigenvalue weighted by molar-refractivity contribution is 0.199. The van der Waals surface area contributed by atoms with Gasteiger partial charge in [-0.2, -0.15) is 5.10 Å². The third-order valence-corrected chi connectivity index (χ3v) is 5.63. The number of halogens is 1. The van der Waals surface area contributed by atoms with Crippen molar-refractivity contribution in [2.75, 3.05) is 19.6 Å². The Balaban J connectivity index is 0.00000192. The normalized spacial score (nSPS) is 17.9. The predicted molar refractivity (Wildman–Crippen MR) is 108 cm³/mol. The molecule has 4 heterocycles. The molecule has 148 valence electrons. The van der Waals surface area contributed by atoms with Crippen molar-refractivity contribution in [1.29, 1.82) is 0 Å². The third-order valence-electron chi connectivity index (χ3n) is 5.63. The highest BCUT2D eigenvalue weighted by molar-refractivity contribution is 5.85. The molecule has 1 fully saturated rings. The molecule has 0 unspecified atom stereocenters. The molecule has 8 nitrogen and oxygen atoms in total. The molecule has 1 N–H and O–H groups in total. The van der Waals surface area contributed by atoms with Gasteiger partial charge in [0, 0.05) is 25.6 Å². The number of aromatic nitrogens is 6. The van der Waals surface area contributed by atoms with E-state index in [1.807, 2.05) is 0 Å². The molecule has 2 aliphatic heterocycles. The highest BCUT2D eigenvalue weighted by atomic mass is 35.5. The van der Waals surface area contributed by atoms with Crippen LogP contribution in [0.3, 0.4) is 0 Å². The highest BCUT2D eigenvalue weighted by Gasteiger charge is 2.26. The van der Waals surface area contributed by atoms with Gasteiger partial charge in [0.2, 0.25) is 0 Å². The van der Waals surface area contributed by atoms with E-state index < -0.39 is 0 Å². The summed E-state index contributed by atoms with van der Waals surface area (Å²) in [5.74, 6) is 2.82. The van der Waals surface area contributed by atoms with Crippen LogP contribution >= 0.6 is 12.4 Å². The summed E-state index contributed by atoms with van der Waals surface area (Å²) in [6.45, 7) is 6.06. The molecule has 5 rings (SSSR count). The molecule has 1 saturated heterocycles. The number of rotatable bonds is 4. The number of fused-ring (bicyclic) bond motifs is 1. The van der Waals surface area contributed by atoms with Crippen molar-refractivity contribution in [2.45, 2.75) is 38.4 Å². The van der Waals surface area contributed by atoms with Crippen molar-refractivity contribution >= 4 is 12.4 Å². The first-order valence-corrected chi connectivity index (χ1v) is 9.66. The SMILES string of the molecule is Cl.c1ncn(-c2ccc(CN3CCC(c4nnc5n4CCNC5)CC3)cc2)n1. The molecule has 9 heteroatoms. The van der Waals surface area contributed by atoms with E-state index in [2.05, 4.69) is 59.3 Å². The second-order valence-electron chi connectivity index (χ2n) is 7.36. The summed E-state index contributed by atoms with van der Waals surface area (Å²) in [5, 5.41) is 16.4. The lowest BCUT2D eigenvalue weighted by Crippen LogP contribution is -2.34. The van der Waals surface area contributed by atoms with Crippen molar-refractivity contribution in [3.63, 3.8) is 0 Å². The van der Waals surface area contributed by atoms with Crippen LogP contribution in [0.15, 0.2) is 36.9 Å². The Morgan fingerprint density at radius 1 is 1.04 bits per heavy atom. The summed E-state index contributed by atoms with van der Waals surface area (Å²) < 4.78 is 4.11. The van der Waals surface area contributed by atoms with Crippen molar-refractivity contribution in [2.24, 2.45) is 0 Å². The Labute approximate surface area is 170 Å². The van der Waals surface area contributed by atoms with Crippen LogP contribution in [0.5, 0.6) is 0 Å². The molecule has 1 aromatic carbocycles. The Kier molecular flexibility index (Phi) is 5.70. The fourth-order valence-electron chi connectivity index (χ4n) is 4.12. The lowest BCUT2D eigenvalue weighted by Gasteiger charge is -2.32. The maximum Gasteiger partial charge on any atom is 0.147 e. The van der Waals surface area contributed by atoms with Crippen LogP contribution in [0.2, 0.25) is 0 Å². The van der Waals surface area contributed by atoms with Crippen LogP contribution in [-0.4, -0.2) is 54.1 Å². The monoisotopic (exact) mass is 400 g/mol. The molecule has 2 aromatic heterocycles. The minimum atomic E-state index is 0. The summed E-state index contributed by atoms with van der Waals surface area (Å²) in [6, 6.07) is 8.58. The Bertz CT molecular complexity index is 881. The summed E-state index contributed by atoms with van der Waals surface area (Å²) in [6.07, 6.45) is 5.59. The highest BCUT2D eigenvalue weighted by Crippen LogP contribution is 2.28. The zero-order valence-corrected chi connectivity index (χ0v) is 16.6. The van der Waals surface area contributed by atoms with E-state index in [-0.39, 0.29) is 12.4 Å². The topological polar surface area (TPSA) is 76.7 Å². The van der Waals surface area contributed by atoms with Gasteiger partial charge in [-0.05, 0) is 43.6 Å². The first-order chi connectivity index (χ1) is 13.4. The number of hydrogen-bond donors (Lipinski definition) is 1. The molecule has 0 aliphatic carbocycles. The summed E-state index contributed by atoms with van der Waals surface area (Å²) in [7, 11) is 0. The zero-order chi connectivity index (χ0) is 18.1. The van der Waals surface area contributed by atoms with E-state index in [1.54, 1.807) is 17.3 Å². The van der Waals surface area contributed by atoms with Gasteiger partial charge in [0.1, 0.15) is 24.3 Å². The molecule has 0 spiro atoms. The van der Waals surface area contributed by atoms with Crippen molar-refractivity contribution in [3.05, 3.63) is 54.1 Å². The fraction of sp³-hybridized carbons (Fsp3) is 0.474. The smallest absolute Gasteiger partial charge is 0.147 e. The first kappa shape index (κ1) is 19.0. The quantitative estimate of drug-likeness (QED) is 0.719. The second-order valence-corrected chi connectivity index (χ2v) is 7.36. The first-order valence-electron chi connectivity index (χ1n) is 9.66. The number of benzene rings is 1. The van der Waals surface area contributed by atoms with E-state index in [1.165, 1.54) is 11.4 Å². The van der Waals surface area contributed by atoms with Crippen LogP contribution < -0.4 is 5.32 Å². The third kappa shape index (κ3) is 3.80. The standard InChI is InChI=1S/C19H24N8.ClH/c1-3-17(27-14-21-13-22-27)4-2-15(1)12-25-8-5-16(6-9-25)19-24-23-18-11-20-7-10-26(18)19;/h1-4,13-14,16,20H,5-12H2;1H. The van der Waals surface area contributed by atoms with E-state index in [9.17, 15) is 0 Å². The molecular formula is C19H25ClN8. The largest absolute Gasteiger partial charge is 0.312 e. The summed E-state index contributed by atoms with van der Waals surface area (Å²) in [5.41, 5.74) is 2.38. The van der Waals surface area contributed by atoms with Crippen LogP contribution in [0.1, 0.15) is 36.0 Å². The van der Waals surface area contributed by atoms with Gasteiger partial charge in [-0.1, -0.05) is 12.1 Å². The Hall–Kier alpha value is -2.29. The number of nitrogens with one attached hydrogen (secondary N) is 1. The van der Waals surface area contributed by atoms with Crippen LogP contribution in [0.4, 0.5) is 0 Å². The molecular weight excluding hydrogens is 376 g/mol. The molecule has 0 amide bonds. The molecule has 2 aliphatic rings. The molecule has 3 aromatic rings. The zero-order valence-electron chi connectivity index (χ0n) is 15.7. The number of nitrogens with zero attached hydrogens (tertiary/aromatic N) is 7. The average Bonchev–Trinajstić information content (AvgIpc) is 3.39. The number of likely N-dealkylation sites (tertiary alicyclic amines) is 1. The van der Waals surface area contributed by atoms with Crippen molar-refractivity contribution in [1.82, 2.24) is 39.7 Å². The summed E-state index contributed by atoms with van der Waals surface area (Å²) in [4.78, 5) is 6.54.